The third-order valence-corrected chi connectivity index (χ3v) is 7.42. The summed E-state index contributed by atoms with van der Waals surface area (Å²) in [6.07, 6.45) is 1.41. The van der Waals surface area contributed by atoms with Gasteiger partial charge in [0.1, 0.15) is 12.3 Å². The van der Waals surface area contributed by atoms with E-state index in [9.17, 15) is 13.2 Å². The molecule has 11 heteroatoms. The number of rotatable bonds is 10. The molecule has 0 atom stereocenters. The molecule has 9 nitrogen and oxygen atoms in total. The zero-order valence-electron chi connectivity index (χ0n) is 20.2. The molecule has 0 radical (unpaired) electrons. The van der Waals surface area contributed by atoms with Gasteiger partial charge in [0, 0.05) is 16.1 Å². The van der Waals surface area contributed by atoms with Crippen LogP contribution in [-0.2, 0) is 14.8 Å². The van der Waals surface area contributed by atoms with Crippen LogP contribution in [0.3, 0.4) is 0 Å². The lowest BCUT2D eigenvalue weighted by Gasteiger charge is -2.24. The van der Waals surface area contributed by atoms with Crippen LogP contribution >= 0.6 is 15.9 Å². The Bertz CT molecular complexity index is 1360. The molecular formula is C25H26BrN3O6S. The van der Waals surface area contributed by atoms with Gasteiger partial charge < -0.3 is 14.2 Å². The number of amides is 1. The van der Waals surface area contributed by atoms with Crippen LogP contribution in [0, 0.1) is 6.92 Å². The fraction of sp³-hybridized carbons (Fsp3) is 0.200. The molecule has 190 valence electrons. The highest BCUT2D eigenvalue weighted by atomic mass is 79.9. The standard InChI is InChI=1S/C25H26BrN3O6S/c1-17-5-9-21(10-6-17)36(31,32)29(20-8-12-23(34-3)24(14-20)35-4)16-25(30)28-27-15-18-13-19(26)7-11-22(18)33-2/h5-15H,16H2,1-4H3,(H,28,30)/b27-15+. The maximum Gasteiger partial charge on any atom is 0.264 e. The number of benzene rings is 3. The summed E-state index contributed by atoms with van der Waals surface area (Å²) >= 11 is 3.38. The quantitative estimate of drug-likeness (QED) is 0.288. The molecule has 0 aliphatic carbocycles. The van der Waals surface area contributed by atoms with Crippen molar-refractivity contribution in [1.29, 1.82) is 0 Å². The highest BCUT2D eigenvalue weighted by molar-refractivity contribution is 9.10. The van der Waals surface area contributed by atoms with E-state index < -0.39 is 22.5 Å². The molecule has 3 aromatic rings. The highest BCUT2D eigenvalue weighted by Crippen LogP contribution is 2.33. The van der Waals surface area contributed by atoms with E-state index in [4.69, 9.17) is 14.2 Å². The average molecular weight is 576 g/mol. The summed E-state index contributed by atoms with van der Waals surface area (Å²) in [5, 5.41) is 3.97. The van der Waals surface area contributed by atoms with E-state index in [0.29, 0.717) is 22.8 Å². The van der Waals surface area contributed by atoms with Gasteiger partial charge >= 0.3 is 0 Å². The van der Waals surface area contributed by atoms with E-state index in [1.165, 1.54) is 51.8 Å². The van der Waals surface area contributed by atoms with Crippen molar-refractivity contribution in [2.24, 2.45) is 5.10 Å². The maximum absolute atomic E-state index is 13.6. The smallest absolute Gasteiger partial charge is 0.264 e. The summed E-state index contributed by atoms with van der Waals surface area (Å²) in [5.74, 6) is 0.654. The van der Waals surface area contributed by atoms with Gasteiger partial charge in [-0.15, -0.1) is 0 Å². The van der Waals surface area contributed by atoms with Crippen molar-refractivity contribution in [3.8, 4) is 17.2 Å². The molecule has 0 aliphatic heterocycles. The number of hydrogen-bond donors (Lipinski definition) is 1. The fourth-order valence-electron chi connectivity index (χ4n) is 3.28. The van der Waals surface area contributed by atoms with Gasteiger partial charge in [-0.2, -0.15) is 5.10 Å². The van der Waals surface area contributed by atoms with E-state index in [0.717, 1.165) is 14.3 Å². The minimum atomic E-state index is -4.11. The summed E-state index contributed by atoms with van der Waals surface area (Å²) < 4.78 is 44.8. The molecule has 0 aromatic heterocycles. The molecule has 0 bridgehead atoms. The Labute approximate surface area is 218 Å². The average Bonchev–Trinajstić information content (AvgIpc) is 2.87. The number of halogens is 1. The first-order chi connectivity index (χ1) is 17.2. The minimum Gasteiger partial charge on any atom is -0.496 e. The summed E-state index contributed by atoms with van der Waals surface area (Å²) in [4.78, 5) is 12.9. The SMILES string of the molecule is COc1ccc(Br)cc1/C=N/NC(=O)CN(c1ccc(OC)c(OC)c1)S(=O)(=O)c1ccc(C)cc1. The van der Waals surface area contributed by atoms with Crippen LogP contribution in [0.2, 0.25) is 0 Å². The molecule has 0 saturated carbocycles. The fourth-order valence-corrected chi connectivity index (χ4v) is 5.07. The molecule has 36 heavy (non-hydrogen) atoms. The largest absolute Gasteiger partial charge is 0.496 e. The van der Waals surface area contributed by atoms with E-state index in [1.54, 1.807) is 30.3 Å². The number of nitrogens with one attached hydrogen (secondary N) is 1. The first-order valence-corrected chi connectivity index (χ1v) is 12.9. The monoisotopic (exact) mass is 575 g/mol. The Balaban J connectivity index is 1.92. The Morgan fingerprint density at radius 2 is 1.58 bits per heavy atom. The lowest BCUT2D eigenvalue weighted by Crippen LogP contribution is -2.39. The number of carbonyl (C=O) groups excluding carboxylic acids is 1. The molecule has 0 unspecified atom stereocenters. The van der Waals surface area contributed by atoms with Crippen molar-refractivity contribution in [2.45, 2.75) is 11.8 Å². The van der Waals surface area contributed by atoms with Crippen molar-refractivity contribution < 1.29 is 27.4 Å². The molecular weight excluding hydrogens is 550 g/mol. The van der Waals surface area contributed by atoms with E-state index in [2.05, 4.69) is 26.5 Å². The van der Waals surface area contributed by atoms with Crippen molar-refractivity contribution in [3.05, 3.63) is 76.3 Å². The lowest BCUT2D eigenvalue weighted by atomic mass is 10.2. The van der Waals surface area contributed by atoms with Crippen LogP contribution in [0.25, 0.3) is 0 Å². The normalized spacial score (nSPS) is 11.2. The van der Waals surface area contributed by atoms with Crippen molar-refractivity contribution >= 4 is 43.8 Å². The van der Waals surface area contributed by atoms with Crippen LogP contribution in [0.4, 0.5) is 5.69 Å². The van der Waals surface area contributed by atoms with Gasteiger partial charge in [-0.1, -0.05) is 33.6 Å². The maximum atomic E-state index is 13.6. The molecule has 0 spiro atoms. The number of carbonyl (C=O) groups is 1. The second-order valence-electron chi connectivity index (χ2n) is 7.54. The number of ether oxygens (including phenoxy) is 3. The van der Waals surface area contributed by atoms with Crippen molar-refractivity contribution in [3.63, 3.8) is 0 Å². The molecule has 0 aliphatic rings. The Morgan fingerprint density at radius 3 is 2.22 bits per heavy atom. The van der Waals surface area contributed by atoms with Gasteiger partial charge in [0.05, 0.1) is 38.1 Å². The second kappa shape index (κ2) is 11.9. The van der Waals surface area contributed by atoms with E-state index in [1.807, 2.05) is 13.0 Å². The molecule has 1 N–H and O–H groups in total. The molecule has 0 saturated heterocycles. The van der Waals surface area contributed by atoms with Gasteiger partial charge in [0.25, 0.3) is 15.9 Å². The van der Waals surface area contributed by atoms with Crippen LogP contribution in [0.1, 0.15) is 11.1 Å². The Morgan fingerprint density at radius 1 is 0.944 bits per heavy atom. The zero-order valence-corrected chi connectivity index (χ0v) is 22.6. The Hall–Kier alpha value is -3.57. The predicted octanol–water partition coefficient (Wildman–Crippen LogP) is 4.13. The second-order valence-corrected chi connectivity index (χ2v) is 10.3. The number of aryl methyl sites for hydroxylation is 1. The third kappa shape index (κ3) is 6.35. The predicted molar refractivity (Wildman–Crippen MR) is 142 cm³/mol. The number of hydrazone groups is 1. The van der Waals surface area contributed by atoms with Crippen molar-refractivity contribution in [2.75, 3.05) is 32.2 Å². The number of nitrogens with zero attached hydrogens (tertiary/aromatic N) is 2. The van der Waals surface area contributed by atoms with Gasteiger partial charge in [-0.05, 0) is 49.4 Å². The summed E-state index contributed by atoms with van der Waals surface area (Å²) in [6.45, 7) is 1.33. The number of hydrogen-bond acceptors (Lipinski definition) is 7. The number of methoxy groups -OCH3 is 3. The van der Waals surface area contributed by atoms with Crippen LogP contribution in [0.5, 0.6) is 17.2 Å². The van der Waals surface area contributed by atoms with E-state index in [-0.39, 0.29) is 10.6 Å². The minimum absolute atomic E-state index is 0.0399. The Kier molecular flexibility index (Phi) is 8.94. The molecule has 0 fully saturated rings. The van der Waals surface area contributed by atoms with Crippen LogP contribution in [0.15, 0.2) is 75.1 Å². The van der Waals surface area contributed by atoms with Crippen LogP contribution in [-0.4, -0.2) is 48.4 Å². The summed E-state index contributed by atoms with van der Waals surface area (Å²) in [6, 6.07) is 16.3. The van der Waals surface area contributed by atoms with Gasteiger partial charge in [-0.25, -0.2) is 13.8 Å². The third-order valence-electron chi connectivity index (χ3n) is 5.14. The van der Waals surface area contributed by atoms with Crippen molar-refractivity contribution in [1.82, 2.24) is 5.43 Å². The zero-order chi connectivity index (χ0) is 26.3. The number of sulfonamides is 1. The van der Waals surface area contributed by atoms with Gasteiger partial charge in [0.15, 0.2) is 11.5 Å². The first-order valence-electron chi connectivity index (χ1n) is 10.7. The van der Waals surface area contributed by atoms with E-state index >= 15 is 0 Å². The summed E-state index contributed by atoms with van der Waals surface area (Å²) in [5.41, 5.74) is 4.13. The molecule has 0 heterocycles. The van der Waals surface area contributed by atoms with Gasteiger partial charge in [-0.3, -0.25) is 9.10 Å². The lowest BCUT2D eigenvalue weighted by molar-refractivity contribution is -0.119. The van der Waals surface area contributed by atoms with Gasteiger partial charge in [0.2, 0.25) is 0 Å². The molecule has 1 amide bonds. The first kappa shape index (κ1) is 27.0. The topological polar surface area (TPSA) is 107 Å². The highest BCUT2D eigenvalue weighted by Gasteiger charge is 2.28. The van der Waals surface area contributed by atoms with Crippen LogP contribution < -0.4 is 23.9 Å². The molecule has 3 rings (SSSR count). The molecule has 3 aromatic carbocycles. The number of anilines is 1. The summed E-state index contributed by atoms with van der Waals surface area (Å²) in [7, 11) is 0.337.